The number of nitrogens with one attached hydrogen (secondary N) is 1. The van der Waals surface area contributed by atoms with Crippen LogP contribution in [0.15, 0.2) is 51.9 Å². The van der Waals surface area contributed by atoms with Gasteiger partial charge in [0.1, 0.15) is 11.6 Å². The van der Waals surface area contributed by atoms with Gasteiger partial charge in [-0.2, -0.15) is 0 Å². The van der Waals surface area contributed by atoms with Crippen LogP contribution in [0.2, 0.25) is 0 Å². The van der Waals surface area contributed by atoms with Crippen molar-refractivity contribution in [2.45, 2.75) is 26.5 Å². The van der Waals surface area contributed by atoms with E-state index in [1.165, 1.54) is 12.1 Å². The van der Waals surface area contributed by atoms with Crippen molar-refractivity contribution in [2.75, 3.05) is 5.32 Å². The van der Waals surface area contributed by atoms with Crippen molar-refractivity contribution >= 4 is 51.6 Å². The summed E-state index contributed by atoms with van der Waals surface area (Å²) in [5.74, 6) is 0.758. The van der Waals surface area contributed by atoms with Crippen LogP contribution in [0.25, 0.3) is 0 Å². The smallest absolute Gasteiger partial charge is 0.193 e. The van der Waals surface area contributed by atoms with Crippen molar-refractivity contribution in [3.63, 3.8) is 0 Å². The average Bonchev–Trinajstić information content (AvgIpc) is 2.50. The molecule has 0 spiro atoms. The van der Waals surface area contributed by atoms with Crippen molar-refractivity contribution in [3.8, 4) is 5.75 Å². The van der Waals surface area contributed by atoms with Crippen LogP contribution in [0, 0.1) is 5.82 Å². The predicted octanol–water partition coefficient (Wildman–Crippen LogP) is 4.92. The van der Waals surface area contributed by atoms with E-state index in [4.69, 9.17) is 10.5 Å². The van der Waals surface area contributed by atoms with Gasteiger partial charge < -0.3 is 15.8 Å². The zero-order valence-electron chi connectivity index (χ0n) is 13.4. The van der Waals surface area contributed by atoms with Gasteiger partial charge in [0.15, 0.2) is 5.96 Å². The summed E-state index contributed by atoms with van der Waals surface area (Å²) in [6, 6.07) is 11.9. The minimum atomic E-state index is -0.300. The molecule has 0 saturated carbocycles. The first-order valence-corrected chi connectivity index (χ1v) is 8.01. The quantitative estimate of drug-likeness (QED) is 0.343. The lowest BCUT2D eigenvalue weighted by atomic mass is 10.2. The Morgan fingerprint density at radius 1 is 1.25 bits per heavy atom. The van der Waals surface area contributed by atoms with Crippen LogP contribution in [0.5, 0.6) is 5.75 Å². The molecule has 0 radical (unpaired) electrons. The van der Waals surface area contributed by atoms with E-state index in [0.29, 0.717) is 0 Å². The topological polar surface area (TPSA) is 59.6 Å². The predicted molar refractivity (Wildman–Crippen MR) is 111 cm³/mol. The van der Waals surface area contributed by atoms with Gasteiger partial charge in [0.25, 0.3) is 0 Å². The Hall–Kier alpha value is -1.35. The first-order chi connectivity index (χ1) is 10.9. The molecule has 0 fully saturated rings. The maximum absolute atomic E-state index is 13.2. The normalized spacial score (nSPS) is 11.1. The summed E-state index contributed by atoms with van der Waals surface area (Å²) in [5, 5.41) is 2.99. The van der Waals surface area contributed by atoms with E-state index in [9.17, 15) is 4.39 Å². The van der Waals surface area contributed by atoms with Gasteiger partial charge in [0, 0.05) is 10.2 Å². The largest absolute Gasteiger partial charge is 0.491 e. The molecule has 0 bridgehead atoms. The highest BCUT2D eigenvalue weighted by atomic mass is 127. The molecule has 0 heterocycles. The lowest BCUT2D eigenvalue weighted by Gasteiger charge is -2.11. The first-order valence-electron chi connectivity index (χ1n) is 7.21. The van der Waals surface area contributed by atoms with Gasteiger partial charge in [0.2, 0.25) is 0 Å². The van der Waals surface area contributed by atoms with Crippen LogP contribution in [0.3, 0.4) is 0 Å². The van der Waals surface area contributed by atoms with Crippen LogP contribution >= 0.6 is 39.9 Å². The molecule has 0 atom stereocenters. The van der Waals surface area contributed by atoms with Crippen molar-refractivity contribution in [2.24, 2.45) is 10.7 Å². The van der Waals surface area contributed by atoms with E-state index in [0.717, 1.165) is 21.5 Å². The molecule has 0 aliphatic heterocycles. The number of ether oxygens (including phenoxy) is 1. The molecule has 4 nitrogen and oxygen atoms in total. The number of hydrogen-bond donors (Lipinski definition) is 2. The lowest BCUT2D eigenvalue weighted by Crippen LogP contribution is -2.22. The Bertz CT molecular complexity index is 693. The molecular weight excluding hydrogens is 488 g/mol. The van der Waals surface area contributed by atoms with Crippen LogP contribution in [-0.2, 0) is 6.54 Å². The molecule has 0 unspecified atom stereocenters. The lowest BCUT2D eigenvalue weighted by molar-refractivity contribution is 0.242. The number of guanidine groups is 1. The number of anilines is 1. The van der Waals surface area contributed by atoms with Gasteiger partial charge in [-0.25, -0.2) is 9.38 Å². The third-order valence-electron chi connectivity index (χ3n) is 2.93. The Balaban J connectivity index is 0.00000288. The average molecular weight is 508 g/mol. The minimum Gasteiger partial charge on any atom is -0.491 e. The molecule has 0 aliphatic rings. The standard InChI is InChI=1S/C17H19BrFN3O.HI/c1-11(2)23-15-6-4-14(5-7-15)22-17(20)21-10-12-9-13(19)3-8-16(12)18;/h3-9,11H,10H2,1-2H3,(H3,20,21,22);1H. The number of aliphatic imine (C=N–C) groups is 1. The zero-order chi connectivity index (χ0) is 16.8. The van der Waals surface area contributed by atoms with E-state index >= 15 is 0 Å². The highest BCUT2D eigenvalue weighted by molar-refractivity contribution is 14.0. The maximum atomic E-state index is 13.2. The summed E-state index contributed by atoms with van der Waals surface area (Å²) in [7, 11) is 0. The summed E-state index contributed by atoms with van der Waals surface area (Å²) in [5.41, 5.74) is 7.40. The monoisotopic (exact) mass is 507 g/mol. The molecule has 130 valence electrons. The summed E-state index contributed by atoms with van der Waals surface area (Å²) in [4.78, 5) is 4.22. The molecule has 0 aliphatic carbocycles. The molecule has 3 N–H and O–H groups in total. The Morgan fingerprint density at radius 3 is 2.54 bits per heavy atom. The molecule has 24 heavy (non-hydrogen) atoms. The first kappa shape index (κ1) is 20.7. The van der Waals surface area contributed by atoms with Gasteiger partial charge in [0.05, 0.1) is 12.6 Å². The fourth-order valence-electron chi connectivity index (χ4n) is 1.91. The van der Waals surface area contributed by atoms with E-state index in [2.05, 4.69) is 26.2 Å². The fraction of sp³-hybridized carbons (Fsp3) is 0.235. The second kappa shape index (κ2) is 9.83. The van der Waals surface area contributed by atoms with Crippen molar-refractivity contribution < 1.29 is 9.13 Å². The number of nitrogens with two attached hydrogens (primary N) is 1. The molecule has 7 heteroatoms. The summed E-state index contributed by atoms with van der Waals surface area (Å²) in [6.07, 6.45) is 0.130. The van der Waals surface area contributed by atoms with E-state index in [1.54, 1.807) is 6.07 Å². The van der Waals surface area contributed by atoms with E-state index in [-0.39, 0.29) is 48.4 Å². The molecule has 2 rings (SSSR count). The number of rotatable bonds is 5. The van der Waals surface area contributed by atoms with E-state index < -0.39 is 0 Å². The third-order valence-corrected chi connectivity index (χ3v) is 3.70. The second-order valence-corrected chi connectivity index (χ2v) is 6.11. The zero-order valence-corrected chi connectivity index (χ0v) is 17.3. The SMILES string of the molecule is CC(C)Oc1ccc(NC(N)=NCc2cc(F)ccc2Br)cc1.I. The number of nitrogens with zero attached hydrogens (tertiary/aromatic N) is 1. The van der Waals surface area contributed by atoms with Gasteiger partial charge in [-0.15, -0.1) is 24.0 Å². The van der Waals surface area contributed by atoms with Crippen LogP contribution < -0.4 is 15.8 Å². The van der Waals surface area contributed by atoms with Gasteiger partial charge in [-0.05, 0) is 61.9 Å². The van der Waals surface area contributed by atoms with E-state index in [1.807, 2.05) is 38.1 Å². The van der Waals surface area contributed by atoms with Gasteiger partial charge in [-0.1, -0.05) is 15.9 Å². The van der Waals surface area contributed by atoms with Crippen LogP contribution in [-0.4, -0.2) is 12.1 Å². The summed E-state index contributed by atoms with van der Waals surface area (Å²) >= 11 is 3.36. The highest BCUT2D eigenvalue weighted by Gasteiger charge is 2.02. The molecule has 0 amide bonds. The molecule has 2 aromatic rings. The van der Waals surface area contributed by atoms with Crippen molar-refractivity contribution in [1.29, 1.82) is 0 Å². The molecule has 0 saturated heterocycles. The van der Waals surface area contributed by atoms with Crippen molar-refractivity contribution in [1.82, 2.24) is 0 Å². The number of benzene rings is 2. The minimum absolute atomic E-state index is 0. The Kier molecular flexibility index (Phi) is 8.47. The Labute approximate surface area is 166 Å². The molecule has 2 aromatic carbocycles. The Morgan fingerprint density at radius 2 is 1.92 bits per heavy atom. The highest BCUT2D eigenvalue weighted by Crippen LogP contribution is 2.19. The summed E-state index contributed by atoms with van der Waals surface area (Å²) < 4.78 is 19.6. The fourth-order valence-corrected chi connectivity index (χ4v) is 2.28. The number of hydrogen-bond acceptors (Lipinski definition) is 2. The summed E-state index contributed by atoms with van der Waals surface area (Å²) in [6.45, 7) is 4.23. The maximum Gasteiger partial charge on any atom is 0.193 e. The van der Waals surface area contributed by atoms with Crippen LogP contribution in [0.4, 0.5) is 10.1 Å². The third kappa shape index (κ3) is 6.64. The van der Waals surface area contributed by atoms with Crippen LogP contribution in [0.1, 0.15) is 19.4 Å². The van der Waals surface area contributed by atoms with Gasteiger partial charge in [-0.3, -0.25) is 0 Å². The number of halogens is 3. The second-order valence-electron chi connectivity index (χ2n) is 5.25. The molecular formula is C17H20BrFIN3O. The van der Waals surface area contributed by atoms with Gasteiger partial charge >= 0.3 is 0 Å². The molecule has 0 aromatic heterocycles. The van der Waals surface area contributed by atoms with Crippen molar-refractivity contribution in [3.05, 3.63) is 58.3 Å².